The van der Waals surface area contributed by atoms with Gasteiger partial charge in [-0.1, -0.05) is 0 Å². The van der Waals surface area contributed by atoms with E-state index < -0.39 is 39.3 Å². The van der Waals surface area contributed by atoms with Crippen molar-refractivity contribution in [1.29, 1.82) is 0 Å². The van der Waals surface area contributed by atoms with E-state index in [9.17, 15) is 27.9 Å². The van der Waals surface area contributed by atoms with Gasteiger partial charge in [-0.2, -0.15) is 8.42 Å². The van der Waals surface area contributed by atoms with Crippen molar-refractivity contribution in [3.63, 3.8) is 0 Å². The van der Waals surface area contributed by atoms with Crippen molar-refractivity contribution in [2.75, 3.05) is 24.2 Å². The molecule has 1 aromatic carbocycles. The van der Waals surface area contributed by atoms with Gasteiger partial charge in [0.25, 0.3) is 10.1 Å². The molecule has 1 aromatic heterocycles. The molecule has 36 heavy (non-hydrogen) atoms. The van der Waals surface area contributed by atoms with Gasteiger partial charge >= 0.3 is 11.9 Å². The molecular formula is C23H30FN3O8S. The lowest BCUT2D eigenvalue weighted by molar-refractivity contribution is -0.151. The molecule has 0 spiro atoms. The van der Waals surface area contributed by atoms with Crippen molar-refractivity contribution in [3.05, 3.63) is 39.4 Å². The standard InChI is InChI=1S/C22H26FN3O5.CH4O3S/c1-11-3-4-14-18-15(20(27)16(21(28)29)10-26(11)18)9-17(23)19(14)25-7-5-13(6-8-25)31-22(30)12(2)24;1-5(2,3)4/h9-13H,3-8,24H2,1-2H3,(H,28,29);1H3,(H,2,3,4)/t11-,12-;/m0./s1. The monoisotopic (exact) mass is 527 g/mol. The van der Waals surface area contributed by atoms with Crippen LogP contribution in [0.2, 0.25) is 0 Å². The highest BCUT2D eigenvalue weighted by Crippen LogP contribution is 2.39. The predicted molar refractivity (Wildman–Crippen MR) is 131 cm³/mol. The van der Waals surface area contributed by atoms with Crippen LogP contribution in [-0.2, 0) is 26.1 Å². The molecule has 2 aromatic rings. The topological polar surface area (TPSA) is 169 Å². The molecule has 0 unspecified atom stereocenters. The van der Waals surface area contributed by atoms with E-state index in [1.807, 2.05) is 11.8 Å². The highest BCUT2D eigenvalue weighted by Gasteiger charge is 2.31. The van der Waals surface area contributed by atoms with Crippen LogP contribution in [0.15, 0.2) is 17.1 Å². The molecule has 2 atom stereocenters. The van der Waals surface area contributed by atoms with E-state index >= 15 is 4.39 Å². The molecular weight excluding hydrogens is 497 g/mol. The van der Waals surface area contributed by atoms with Gasteiger partial charge in [0.05, 0.1) is 17.5 Å². The van der Waals surface area contributed by atoms with Gasteiger partial charge < -0.3 is 25.0 Å². The molecule has 198 valence electrons. The molecule has 4 N–H and O–H groups in total. The van der Waals surface area contributed by atoms with Crippen molar-refractivity contribution in [2.24, 2.45) is 5.73 Å². The normalized spacial score (nSPS) is 18.8. The fourth-order valence-electron chi connectivity index (χ4n) is 4.60. The molecule has 13 heteroatoms. The first-order valence-corrected chi connectivity index (χ1v) is 13.3. The lowest BCUT2D eigenvalue weighted by Crippen LogP contribution is -2.41. The van der Waals surface area contributed by atoms with Gasteiger partial charge in [-0.05, 0) is 32.8 Å². The van der Waals surface area contributed by atoms with E-state index in [4.69, 9.17) is 15.0 Å². The van der Waals surface area contributed by atoms with Crippen LogP contribution >= 0.6 is 0 Å². The lowest BCUT2D eigenvalue weighted by Gasteiger charge is -2.37. The van der Waals surface area contributed by atoms with Crippen LogP contribution < -0.4 is 16.1 Å². The van der Waals surface area contributed by atoms with Crippen LogP contribution in [0.4, 0.5) is 10.1 Å². The zero-order chi connectivity index (χ0) is 26.9. The third kappa shape index (κ3) is 6.02. The van der Waals surface area contributed by atoms with Gasteiger partial charge in [0.2, 0.25) is 5.43 Å². The van der Waals surface area contributed by atoms with Crippen molar-refractivity contribution in [2.45, 2.75) is 57.7 Å². The number of nitrogens with two attached hydrogens (primary N) is 1. The molecule has 0 bridgehead atoms. The number of pyridine rings is 1. The number of aryl methyl sites for hydroxylation is 1. The number of esters is 1. The largest absolute Gasteiger partial charge is 0.477 e. The minimum Gasteiger partial charge on any atom is -0.477 e. The Morgan fingerprint density at radius 3 is 2.36 bits per heavy atom. The van der Waals surface area contributed by atoms with Gasteiger partial charge in [0, 0.05) is 49.1 Å². The fourth-order valence-corrected chi connectivity index (χ4v) is 4.60. The lowest BCUT2D eigenvalue weighted by atomic mass is 9.93. The van der Waals surface area contributed by atoms with Crippen molar-refractivity contribution < 1.29 is 36.8 Å². The van der Waals surface area contributed by atoms with Gasteiger partial charge in [-0.15, -0.1) is 0 Å². The van der Waals surface area contributed by atoms with Crippen molar-refractivity contribution in [1.82, 2.24) is 4.57 Å². The number of ether oxygens (including phenoxy) is 1. The molecule has 1 fully saturated rings. The molecule has 0 aliphatic carbocycles. The summed E-state index contributed by atoms with van der Waals surface area (Å²) in [4.78, 5) is 37.9. The van der Waals surface area contributed by atoms with Crippen LogP contribution in [0, 0.1) is 5.82 Å². The number of rotatable bonds is 4. The van der Waals surface area contributed by atoms with Gasteiger partial charge in [-0.3, -0.25) is 14.1 Å². The number of carboxylic acids is 1. The minimum absolute atomic E-state index is 0.00425. The number of benzene rings is 1. The number of aromatic carboxylic acids is 1. The molecule has 11 nitrogen and oxygen atoms in total. The Morgan fingerprint density at radius 1 is 1.25 bits per heavy atom. The average Bonchev–Trinajstić information content (AvgIpc) is 2.76. The van der Waals surface area contributed by atoms with E-state index in [1.165, 1.54) is 12.3 Å². The number of hydrogen-bond donors (Lipinski definition) is 3. The third-order valence-electron chi connectivity index (χ3n) is 6.27. The first kappa shape index (κ1) is 27.6. The van der Waals surface area contributed by atoms with E-state index in [2.05, 4.69) is 0 Å². The smallest absolute Gasteiger partial charge is 0.341 e. The maximum absolute atomic E-state index is 15.3. The summed E-state index contributed by atoms with van der Waals surface area (Å²) in [5.74, 6) is -2.30. The SMILES string of the molecule is CS(=O)(=O)O.C[C@H](N)C(=O)OC1CCN(c2c(F)cc3c(=O)c(C(=O)O)cn4c3c2CC[C@@H]4C)CC1. The Kier molecular flexibility index (Phi) is 8.06. The van der Waals surface area contributed by atoms with Gasteiger partial charge in [0.15, 0.2) is 0 Å². The van der Waals surface area contributed by atoms with Crippen LogP contribution in [0.3, 0.4) is 0 Å². The zero-order valence-electron chi connectivity index (χ0n) is 20.2. The second kappa shape index (κ2) is 10.5. The summed E-state index contributed by atoms with van der Waals surface area (Å²) in [6, 6.07) is 0.477. The molecule has 0 saturated carbocycles. The average molecular weight is 528 g/mol. The second-order valence-corrected chi connectivity index (χ2v) is 10.7. The molecule has 1 saturated heterocycles. The molecule has 4 rings (SSSR count). The second-order valence-electron chi connectivity index (χ2n) is 9.20. The molecule has 2 aliphatic rings. The number of carbonyl (C=O) groups is 2. The van der Waals surface area contributed by atoms with Gasteiger partial charge in [-0.25, -0.2) is 9.18 Å². The minimum atomic E-state index is -3.67. The van der Waals surface area contributed by atoms with Crippen LogP contribution in [0.1, 0.15) is 55.1 Å². The van der Waals surface area contributed by atoms with Crippen LogP contribution in [-0.4, -0.2) is 66.1 Å². The number of halogens is 1. The molecule has 0 radical (unpaired) electrons. The number of nitrogens with zero attached hydrogens (tertiary/aromatic N) is 2. The zero-order valence-corrected chi connectivity index (χ0v) is 21.0. The van der Waals surface area contributed by atoms with Crippen LogP contribution in [0.5, 0.6) is 0 Å². The Bertz CT molecular complexity index is 1340. The highest BCUT2D eigenvalue weighted by molar-refractivity contribution is 7.85. The number of hydrogen-bond acceptors (Lipinski definition) is 8. The van der Waals surface area contributed by atoms with Crippen molar-refractivity contribution >= 4 is 38.6 Å². The third-order valence-corrected chi connectivity index (χ3v) is 6.27. The molecule has 2 aliphatic heterocycles. The Labute approximate surface area is 207 Å². The maximum atomic E-state index is 15.3. The first-order chi connectivity index (χ1) is 16.7. The summed E-state index contributed by atoms with van der Waals surface area (Å²) < 4.78 is 48.4. The number of aromatic nitrogens is 1. The number of anilines is 1. The fraction of sp³-hybridized carbons (Fsp3) is 0.522. The van der Waals surface area contributed by atoms with Gasteiger partial charge in [0.1, 0.15) is 23.5 Å². The van der Waals surface area contributed by atoms with Crippen molar-refractivity contribution in [3.8, 4) is 0 Å². The first-order valence-electron chi connectivity index (χ1n) is 11.5. The summed E-state index contributed by atoms with van der Waals surface area (Å²) in [6.45, 7) is 4.53. The highest BCUT2D eigenvalue weighted by atomic mass is 32.2. The number of piperidine rings is 1. The molecule has 3 heterocycles. The number of carboxylic acid groups (broad SMARTS) is 1. The van der Waals surface area contributed by atoms with E-state index in [1.54, 1.807) is 11.5 Å². The van der Waals surface area contributed by atoms with E-state index in [0.717, 1.165) is 5.56 Å². The summed E-state index contributed by atoms with van der Waals surface area (Å²) in [6.07, 6.45) is 4.24. The van der Waals surface area contributed by atoms with E-state index in [0.29, 0.717) is 56.2 Å². The Morgan fingerprint density at radius 2 is 1.83 bits per heavy atom. The Hall–Kier alpha value is -3.03. The van der Waals surface area contributed by atoms with Crippen LogP contribution in [0.25, 0.3) is 10.9 Å². The number of carbonyl (C=O) groups excluding carboxylic acids is 1. The molecule has 0 amide bonds. The maximum Gasteiger partial charge on any atom is 0.341 e. The summed E-state index contributed by atoms with van der Waals surface area (Å²) >= 11 is 0. The summed E-state index contributed by atoms with van der Waals surface area (Å²) in [5.41, 5.74) is 6.33. The quantitative estimate of drug-likeness (QED) is 0.393. The summed E-state index contributed by atoms with van der Waals surface area (Å²) in [5, 5.41) is 9.51. The summed E-state index contributed by atoms with van der Waals surface area (Å²) in [7, 11) is -3.67. The predicted octanol–water partition coefficient (Wildman–Crippen LogP) is 1.71. The Balaban J connectivity index is 0.000000658. The van der Waals surface area contributed by atoms with E-state index in [-0.39, 0.29) is 23.1 Å².